The maximum atomic E-state index is 12.1. The largest absolute Gasteiger partial charge is 0.461 e. The van der Waals surface area contributed by atoms with E-state index in [9.17, 15) is 4.79 Å². The minimum absolute atomic E-state index is 0.152. The van der Waals surface area contributed by atoms with Gasteiger partial charge in [-0.3, -0.25) is 9.69 Å². The second-order valence-corrected chi connectivity index (χ2v) is 5.77. The van der Waals surface area contributed by atoms with E-state index >= 15 is 0 Å². The fourth-order valence-electron chi connectivity index (χ4n) is 2.25. The van der Waals surface area contributed by atoms with Gasteiger partial charge in [-0.1, -0.05) is 28.9 Å². The van der Waals surface area contributed by atoms with Gasteiger partial charge in [-0.15, -0.1) is 0 Å². The van der Waals surface area contributed by atoms with Gasteiger partial charge in [0.2, 0.25) is 11.7 Å². The summed E-state index contributed by atoms with van der Waals surface area (Å²) >= 11 is 6.03. The first-order valence-corrected chi connectivity index (χ1v) is 7.72. The molecule has 0 aliphatic heterocycles. The molecule has 0 saturated carbocycles. The van der Waals surface area contributed by atoms with E-state index in [1.807, 2.05) is 24.1 Å². The number of hydrogen-bond acceptors (Lipinski definition) is 5. The van der Waals surface area contributed by atoms with E-state index in [1.54, 1.807) is 36.6 Å². The number of amides is 1. The van der Waals surface area contributed by atoms with Gasteiger partial charge < -0.3 is 14.3 Å². The molecule has 0 saturated heterocycles. The number of para-hydroxylation sites is 1. The van der Waals surface area contributed by atoms with Crippen molar-refractivity contribution in [1.82, 2.24) is 10.1 Å². The molecule has 24 heavy (non-hydrogen) atoms. The van der Waals surface area contributed by atoms with Crippen LogP contribution in [-0.2, 0) is 11.3 Å². The molecule has 1 aromatic carbocycles. The molecule has 2 aromatic heterocycles. The minimum atomic E-state index is -0.152. The number of hydrogen-bond donors (Lipinski definition) is 1. The summed E-state index contributed by atoms with van der Waals surface area (Å²) in [6, 6.07) is 12.5. The zero-order chi connectivity index (χ0) is 16.9. The molecule has 0 atom stereocenters. The van der Waals surface area contributed by atoms with Crippen molar-refractivity contribution in [3.8, 4) is 11.5 Å². The lowest BCUT2D eigenvalue weighted by Crippen LogP contribution is -2.30. The van der Waals surface area contributed by atoms with Crippen LogP contribution >= 0.6 is 11.6 Å². The van der Waals surface area contributed by atoms with Crippen molar-refractivity contribution < 1.29 is 13.7 Å². The van der Waals surface area contributed by atoms with Crippen LogP contribution in [-0.4, -0.2) is 29.6 Å². The van der Waals surface area contributed by atoms with Crippen LogP contribution in [0.1, 0.15) is 5.69 Å². The highest BCUT2D eigenvalue weighted by molar-refractivity contribution is 6.33. The Labute approximate surface area is 144 Å². The Morgan fingerprint density at radius 2 is 2.08 bits per heavy atom. The summed E-state index contributed by atoms with van der Waals surface area (Å²) < 4.78 is 10.5. The first kappa shape index (κ1) is 16.3. The Bertz CT molecular complexity index is 814. The standard InChI is InChI=1S/C17H16ClN3O3/c1-21(11-17(22)19-14-6-3-2-5-13(14)18)10-12-9-16(24-20-12)15-7-4-8-23-15/h2-9H,10-11H2,1H3,(H,19,22). The van der Waals surface area contributed by atoms with Gasteiger partial charge in [-0.25, -0.2) is 0 Å². The zero-order valence-corrected chi connectivity index (χ0v) is 13.8. The number of anilines is 1. The third kappa shape index (κ3) is 4.04. The van der Waals surface area contributed by atoms with Crippen LogP contribution in [0.25, 0.3) is 11.5 Å². The highest BCUT2D eigenvalue weighted by Gasteiger charge is 2.13. The SMILES string of the molecule is CN(CC(=O)Nc1ccccc1Cl)Cc1cc(-c2ccco2)on1. The van der Waals surface area contributed by atoms with E-state index in [2.05, 4.69) is 10.5 Å². The third-order valence-corrected chi connectivity index (χ3v) is 3.65. The predicted molar refractivity (Wildman–Crippen MR) is 90.6 cm³/mol. The monoisotopic (exact) mass is 345 g/mol. The Kier molecular flexibility index (Phi) is 4.98. The van der Waals surface area contributed by atoms with Crippen LogP contribution in [0.3, 0.4) is 0 Å². The molecule has 0 fully saturated rings. The summed E-state index contributed by atoms with van der Waals surface area (Å²) in [7, 11) is 1.83. The van der Waals surface area contributed by atoms with Gasteiger partial charge in [0.1, 0.15) is 0 Å². The fourth-order valence-corrected chi connectivity index (χ4v) is 2.43. The maximum Gasteiger partial charge on any atom is 0.238 e. The van der Waals surface area contributed by atoms with E-state index in [0.29, 0.717) is 28.8 Å². The molecule has 124 valence electrons. The molecule has 1 amide bonds. The molecule has 2 heterocycles. The van der Waals surface area contributed by atoms with Crippen molar-refractivity contribution in [1.29, 1.82) is 0 Å². The van der Waals surface area contributed by atoms with Crippen LogP contribution < -0.4 is 5.32 Å². The molecule has 0 aliphatic carbocycles. The van der Waals surface area contributed by atoms with Crippen molar-refractivity contribution >= 4 is 23.2 Å². The topological polar surface area (TPSA) is 71.5 Å². The number of rotatable bonds is 6. The zero-order valence-electron chi connectivity index (χ0n) is 13.0. The number of benzene rings is 1. The second kappa shape index (κ2) is 7.33. The Balaban J connectivity index is 1.55. The summed E-state index contributed by atoms with van der Waals surface area (Å²) in [6.45, 7) is 0.675. The molecule has 7 heteroatoms. The molecule has 6 nitrogen and oxygen atoms in total. The lowest BCUT2D eigenvalue weighted by atomic mass is 10.3. The molecule has 3 rings (SSSR count). The van der Waals surface area contributed by atoms with Gasteiger partial charge in [0.05, 0.1) is 29.2 Å². The number of nitrogens with zero attached hydrogens (tertiary/aromatic N) is 2. The molecule has 1 N–H and O–H groups in total. The molecule has 0 radical (unpaired) electrons. The summed E-state index contributed by atoms with van der Waals surface area (Å²) in [5.74, 6) is 1.03. The van der Waals surface area contributed by atoms with E-state index in [0.717, 1.165) is 5.69 Å². The average molecular weight is 346 g/mol. The smallest absolute Gasteiger partial charge is 0.238 e. The van der Waals surface area contributed by atoms with E-state index in [-0.39, 0.29) is 12.5 Å². The number of nitrogens with one attached hydrogen (secondary N) is 1. The van der Waals surface area contributed by atoms with Crippen LogP contribution in [0.2, 0.25) is 5.02 Å². The lowest BCUT2D eigenvalue weighted by molar-refractivity contribution is -0.117. The van der Waals surface area contributed by atoms with Crippen molar-refractivity contribution in [3.63, 3.8) is 0 Å². The molecular formula is C17H16ClN3O3. The first-order chi connectivity index (χ1) is 11.6. The Hall–Kier alpha value is -2.57. The average Bonchev–Trinajstić information content (AvgIpc) is 3.20. The predicted octanol–water partition coefficient (Wildman–Crippen LogP) is 3.66. The van der Waals surface area contributed by atoms with Gasteiger partial charge in [0.25, 0.3) is 0 Å². The minimum Gasteiger partial charge on any atom is -0.461 e. The van der Waals surface area contributed by atoms with E-state index in [1.165, 1.54) is 0 Å². The first-order valence-electron chi connectivity index (χ1n) is 7.34. The van der Waals surface area contributed by atoms with Crippen LogP contribution in [0.4, 0.5) is 5.69 Å². The van der Waals surface area contributed by atoms with Crippen molar-refractivity contribution in [2.45, 2.75) is 6.54 Å². The van der Waals surface area contributed by atoms with Crippen molar-refractivity contribution in [3.05, 3.63) is 59.4 Å². The van der Waals surface area contributed by atoms with Crippen molar-refractivity contribution in [2.24, 2.45) is 0 Å². The number of furan rings is 1. The lowest BCUT2D eigenvalue weighted by Gasteiger charge is -2.15. The van der Waals surface area contributed by atoms with Crippen LogP contribution in [0, 0.1) is 0 Å². The van der Waals surface area contributed by atoms with Crippen LogP contribution in [0.15, 0.2) is 57.7 Å². The molecule has 0 unspecified atom stereocenters. The van der Waals surface area contributed by atoms with Crippen molar-refractivity contribution in [2.75, 3.05) is 18.9 Å². The van der Waals surface area contributed by atoms with Gasteiger partial charge in [-0.2, -0.15) is 0 Å². The number of likely N-dealkylation sites (N-methyl/N-ethyl adjacent to an activating group) is 1. The van der Waals surface area contributed by atoms with E-state index in [4.69, 9.17) is 20.5 Å². The summed E-state index contributed by atoms with van der Waals surface area (Å²) in [5.41, 5.74) is 1.31. The molecular weight excluding hydrogens is 330 g/mol. The Morgan fingerprint density at radius 3 is 2.83 bits per heavy atom. The molecule has 0 bridgehead atoms. The van der Waals surface area contributed by atoms with Gasteiger partial charge in [0, 0.05) is 12.6 Å². The Morgan fingerprint density at radius 1 is 1.25 bits per heavy atom. The quantitative estimate of drug-likeness (QED) is 0.738. The fraction of sp³-hybridized carbons (Fsp3) is 0.176. The molecule has 0 spiro atoms. The highest BCUT2D eigenvalue weighted by Crippen LogP contribution is 2.22. The highest BCUT2D eigenvalue weighted by atomic mass is 35.5. The second-order valence-electron chi connectivity index (χ2n) is 5.36. The number of halogens is 1. The summed E-state index contributed by atoms with van der Waals surface area (Å²) in [5, 5.41) is 7.28. The normalized spacial score (nSPS) is 11.0. The molecule has 0 aliphatic rings. The third-order valence-electron chi connectivity index (χ3n) is 3.32. The summed E-state index contributed by atoms with van der Waals surface area (Å²) in [4.78, 5) is 13.9. The van der Waals surface area contributed by atoms with Gasteiger partial charge in [-0.05, 0) is 31.3 Å². The number of aromatic nitrogens is 1. The number of carbonyl (C=O) groups excluding carboxylic acids is 1. The number of carbonyl (C=O) groups is 1. The van der Waals surface area contributed by atoms with Gasteiger partial charge >= 0.3 is 0 Å². The van der Waals surface area contributed by atoms with Crippen LogP contribution in [0.5, 0.6) is 0 Å². The van der Waals surface area contributed by atoms with E-state index < -0.39 is 0 Å². The molecule has 3 aromatic rings. The summed E-state index contributed by atoms with van der Waals surface area (Å²) in [6.07, 6.45) is 1.57. The maximum absolute atomic E-state index is 12.1. The van der Waals surface area contributed by atoms with Gasteiger partial charge in [0.15, 0.2) is 5.76 Å².